The summed E-state index contributed by atoms with van der Waals surface area (Å²) < 4.78 is 4.99. The van der Waals surface area contributed by atoms with Crippen LogP contribution in [0.4, 0.5) is 0 Å². The molecule has 1 unspecified atom stereocenters. The lowest BCUT2D eigenvalue weighted by Gasteiger charge is -2.11. The minimum atomic E-state index is 0. The second-order valence-electron chi connectivity index (χ2n) is 3.59. The summed E-state index contributed by atoms with van der Waals surface area (Å²) in [6.45, 7) is 4.77. The second-order valence-corrected chi connectivity index (χ2v) is 4.62. The normalized spacial score (nSPS) is 12.1. The van der Waals surface area contributed by atoms with Crippen molar-refractivity contribution in [2.75, 3.05) is 0 Å². The maximum atomic E-state index is 4.99. The van der Waals surface area contributed by atoms with Crippen LogP contribution in [0.15, 0.2) is 22.0 Å². The van der Waals surface area contributed by atoms with Crippen molar-refractivity contribution in [1.82, 2.24) is 15.5 Å². The van der Waals surface area contributed by atoms with Crippen molar-refractivity contribution in [3.8, 4) is 0 Å². The van der Waals surface area contributed by atoms with E-state index in [-0.39, 0.29) is 18.4 Å². The maximum Gasteiger partial charge on any atom is 0.223 e. The Morgan fingerprint density at radius 3 is 2.88 bits per heavy atom. The largest absolute Gasteiger partial charge is 0.340 e. The monoisotopic (exact) mass is 273 g/mol. The van der Waals surface area contributed by atoms with E-state index in [1.807, 2.05) is 6.92 Å². The van der Waals surface area contributed by atoms with Gasteiger partial charge in [0.2, 0.25) is 5.89 Å². The minimum Gasteiger partial charge on any atom is -0.340 e. The average Bonchev–Trinajstić information content (AvgIpc) is 2.91. The van der Waals surface area contributed by atoms with Crippen LogP contribution in [-0.2, 0) is 6.54 Å². The molecule has 0 fully saturated rings. The molecule has 2 heterocycles. The molecule has 0 spiro atoms. The first-order valence-corrected chi connectivity index (χ1v) is 6.23. The van der Waals surface area contributed by atoms with E-state index in [2.05, 4.69) is 39.9 Å². The maximum absolute atomic E-state index is 4.99. The summed E-state index contributed by atoms with van der Waals surface area (Å²) in [6.07, 6.45) is 0.949. The van der Waals surface area contributed by atoms with Crippen LogP contribution in [0.3, 0.4) is 0 Å². The van der Waals surface area contributed by atoms with E-state index in [0.717, 1.165) is 18.8 Å². The molecule has 2 aromatic heterocycles. The third-order valence-electron chi connectivity index (χ3n) is 2.37. The summed E-state index contributed by atoms with van der Waals surface area (Å²) in [5.74, 6) is 1.36. The number of nitrogens with zero attached hydrogens (tertiary/aromatic N) is 2. The molecule has 0 aliphatic rings. The Hall–Kier alpha value is -0.910. The zero-order chi connectivity index (χ0) is 11.4. The molecule has 0 bridgehead atoms. The highest BCUT2D eigenvalue weighted by molar-refractivity contribution is 7.09. The molecule has 2 aromatic rings. The molecule has 0 saturated heterocycles. The van der Waals surface area contributed by atoms with Crippen LogP contribution < -0.4 is 5.32 Å². The van der Waals surface area contributed by atoms with Crippen molar-refractivity contribution in [3.63, 3.8) is 0 Å². The predicted molar refractivity (Wildman–Crippen MR) is 70.5 cm³/mol. The number of rotatable bonds is 5. The van der Waals surface area contributed by atoms with Crippen LogP contribution in [0, 0.1) is 6.92 Å². The van der Waals surface area contributed by atoms with Gasteiger partial charge in [0.15, 0.2) is 5.82 Å². The number of thiophene rings is 1. The molecule has 2 rings (SSSR count). The van der Waals surface area contributed by atoms with Crippen molar-refractivity contribution in [2.45, 2.75) is 32.9 Å². The van der Waals surface area contributed by atoms with Crippen molar-refractivity contribution in [2.24, 2.45) is 0 Å². The highest BCUT2D eigenvalue weighted by atomic mass is 35.5. The van der Waals surface area contributed by atoms with E-state index in [9.17, 15) is 0 Å². The smallest absolute Gasteiger partial charge is 0.223 e. The predicted octanol–water partition coefficient (Wildman–Crippen LogP) is 3.10. The first-order chi connectivity index (χ1) is 7.79. The molecule has 94 valence electrons. The first-order valence-electron chi connectivity index (χ1n) is 5.35. The molecule has 0 aliphatic heterocycles. The molecule has 0 saturated carbocycles. The first kappa shape index (κ1) is 14.2. The van der Waals surface area contributed by atoms with Gasteiger partial charge in [0.05, 0.1) is 6.04 Å². The number of aryl methyl sites for hydroxylation is 1. The molecule has 0 aliphatic carbocycles. The van der Waals surface area contributed by atoms with Gasteiger partial charge in [0.1, 0.15) is 0 Å². The average molecular weight is 274 g/mol. The van der Waals surface area contributed by atoms with Crippen LogP contribution >= 0.6 is 23.7 Å². The zero-order valence-corrected chi connectivity index (χ0v) is 11.5. The van der Waals surface area contributed by atoms with Crippen molar-refractivity contribution >= 4 is 23.7 Å². The van der Waals surface area contributed by atoms with Gasteiger partial charge in [0.25, 0.3) is 0 Å². The summed E-state index contributed by atoms with van der Waals surface area (Å²) in [7, 11) is 0. The van der Waals surface area contributed by atoms with Crippen LogP contribution in [0.5, 0.6) is 0 Å². The Morgan fingerprint density at radius 1 is 1.53 bits per heavy atom. The minimum absolute atomic E-state index is 0. The van der Waals surface area contributed by atoms with Gasteiger partial charge in [-0.25, -0.2) is 0 Å². The molecule has 0 radical (unpaired) electrons. The van der Waals surface area contributed by atoms with E-state index in [0.29, 0.717) is 5.89 Å². The fourth-order valence-corrected chi connectivity index (χ4v) is 2.17. The summed E-state index contributed by atoms with van der Waals surface area (Å²) in [5, 5.41) is 9.45. The van der Waals surface area contributed by atoms with Gasteiger partial charge >= 0.3 is 0 Å². The lowest BCUT2D eigenvalue weighted by molar-refractivity contribution is 0.374. The molecule has 0 aromatic carbocycles. The van der Waals surface area contributed by atoms with Crippen molar-refractivity contribution in [3.05, 3.63) is 34.1 Å². The third kappa shape index (κ3) is 3.80. The van der Waals surface area contributed by atoms with Gasteiger partial charge in [-0.1, -0.05) is 18.1 Å². The fourth-order valence-electron chi connectivity index (χ4n) is 1.51. The molecular weight excluding hydrogens is 258 g/mol. The quantitative estimate of drug-likeness (QED) is 0.909. The topological polar surface area (TPSA) is 51.0 Å². The lowest BCUT2D eigenvalue weighted by atomic mass is 10.2. The zero-order valence-electron chi connectivity index (χ0n) is 9.84. The Morgan fingerprint density at radius 2 is 2.35 bits per heavy atom. The van der Waals surface area contributed by atoms with Crippen LogP contribution in [0.2, 0.25) is 0 Å². The highest BCUT2D eigenvalue weighted by Crippen LogP contribution is 2.15. The molecule has 6 heteroatoms. The van der Waals surface area contributed by atoms with Gasteiger partial charge < -0.3 is 9.84 Å². The molecular formula is C11H16ClN3OS. The van der Waals surface area contributed by atoms with Crippen LogP contribution in [0.25, 0.3) is 0 Å². The van der Waals surface area contributed by atoms with Crippen LogP contribution in [0.1, 0.15) is 36.0 Å². The molecule has 4 nitrogen and oxygen atoms in total. The number of hydrogen-bond donors (Lipinski definition) is 1. The van der Waals surface area contributed by atoms with Gasteiger partial charge in [-0.05, 0) is 17.9 Å². The van der Waals surface area contributed by atoms with E-state index in [1.165, 1.54) is 4.88 Å². The summed E-state index contributed by atoms with van der Waals surface area (Å²) >= 11 is 1.75. The fraction of sp³-hybridized carbons (Fsp3) is 0.455. The SMILES string of the molecule is CCC(NCc1cccs1)c1noc(C)n1.Cl. The lowest BCUT2D eigenvalue weighted by Crippen LogP contribution is -2.20. The summed E-state index contributed by atoms with van der Waals surface area (Å²) in [4.78, 5) is 5.56. The van der Waals surface area contributed by atoms with E-state index in [4.69, 9.17) is 4.52 Å². The molecule has 1 atom stereocenters. The Balaban J connectivity index is 0.00000144. The second kappa shape index (κ2) is 6.74. The van der Waals surface area contributed by atoms with E-state index < -0.39 is 0 Å². The molecule has 1 N–H and O–H groups in total. The Bertz CT molecular complexity index is 430. The van der Waals surface area contributed by atoms with Gasteiger partial charge in [-0.2, -0.15) is 4.98 Å². The van der Waals surface area contributed by atoms with Gasteiger partial charge in [0, 0.05) is 18.3 Å². The standard InChI is InChI=1S/C11H15N3OS.ClH/c1-3-10(11-13-8(2)15-14-11)12-7-9-5-4-6-16-9;/h4-6,10,12H,3,7H2,1-2H3;1H. The van der Waals surface area contributed by atoms with Crippen molar-refractivity contribution < 1.29 is 4.52 Å². The number of halogens is 1. The Kier molecular flexibility index (Phi) is 5.61. The molecule has 17 heavy (non-hydrogen) atoms. The van der Waals surface area contributed by atoms with Gasteiger partial charge in [-0.15, -0.1) is 23.7 Å². The Labute approximate surface area is 111 Å². The van der Waals surface area contributed by atoms with Gasteiger partial charge in [-0.3, -0.25) is 0 Å². The third-order valence-corrected chi connectivity index (χ3v) is 3.24. The highest BCUT2D eigenvalue weighted by Gasteiger charge is 2.14. The van der Waals surface area contributed by atoms with Crippen molar-refractivity contribution in [1.29, 1.82) is 0 Å². The summed E-state index contributed by atoms with van der Waals surface area (Å²) in [6, 6.07) is 4.34. The number of hydrogen-bond acceptors (Lipinski definition) is 5. The van der Waals surface area contributed by atoms with Crippen LogP contribution in [-0.4, -0.2) is 10.1 Å². The summed E-state index contributed by atoms with van der Waals surface area (Å²) in [5.41, 5.74) is 0. The number of nitrogens with one attached hydrogen (secondary N) is 1. The number of aromatic nitrogens is 2. The molecule has 0 amide bonds. The van der Waals surface area contributed by atoms with E-state index in [1.54, 1.807) is 11.3 Å². The van der Waals surface area contributed by atoms with E-state index >= 15 is 0 Å².